The van der Waals surface area contributed by atoms with Gasteiger partial charge in [0.05, 0.1) is 0 Å². The summed E-state index contributed by atoms with van der Waals surface area (Å²) in [7, 11) is 0. The van der Waals surface area contributed by atoms with Crippen LogP contribution in [0.15, 0.2) is 29.1 Å². The number of hydrogen-bond donors (Lipinski definition) is 1. The zero-order valence-electron chi connectivity index (χ0n) is 12.1. The summed E-state index contributed by atoms with van der Waals surface area (Å²) in [5, 5.41) is 6.88. The van der Waals surface area contributed by atoms with Crippen molar-refractivity contribution >= 4 is 11.6 Å². The van der Waals surface area contributed by atoms with Crippen LogP contribution in [0.5, 0.6) is 0 Å². The fraction of sp³-hybridized carbons (Fsp3) is 0.400. The van der Waals surface area contributed by atoms with Gasteiger partial charge in [0, 0.05) is 18.7 Å². The number of anilines is 1. The first-order valence-electron chi connectivity index (χ1n) is 7.35. The molecule has 0 atom stereocenters. The van der Waals surface area contributed by atoms with Crippen LogP contribution in [-0.4, -0.2) is 20.3 Å². The third-order valence-electron chi connectivity index (χ3n) is 3.70. The maximum absolute atomic E-state index is 12.8. The van der Waals surface area contributed by atoms with E-state index in [0.717, 1.165) is 31.5 Å². The second-order valence-corrected chi connectivity index (χ2v) is 5.37. The molecule has 7 heteroatoms. The van der Waals surface area contributed by atoms with E-state index in [2.05, 4.69) is 10.4 Å². The number of carbonyl (C=O) groups excluding carboxylic acids is 1. The number of benzene rings is 1. The standard InChI is InChI=1S/C15H17FN4O2/c16-11-5-7-12(8-6-11)17-14(21)10-20-15(22)19-9-3-1-2-4-13(19)18-20/h5-8H,1-4,9-10H2,(H,17,21). The van der Waals surface area contributed by atoms with Crippen molar-refractivity contribution in [2.24, 2.45) is 0 Å². The van der Waals surface area contributed by atoms with Crippen LogP contribution in [0.1, 0.15) is 25.1 Å². The number of aryl methyl sites for hydroxylation is 1. The van der Waals surface area contributed by atoms with E-state index < -0.39 is 0 Å². The fourth-order valence-corrected chi connectivity index (χ4v) is 2.60. The molecule has 2 aromatic rings. The Morgan fingerprint density at radius 1 is 1.23 bits per heavy atom. The molecule has 22 heavy (non-hydrogen) atoms. The minimum atomic E-state index is -0.368. The van der Waals surface area contributed by atoms with E-state index in [1.54, 1.807) is 4.57 Å². The molecular weight excluding hydrogens is 287 g/mol. The lowest BCUT2D eigenvalue weighted by Crippen LogP contribution is -2.30. The first-order chi connectivity index (χ1) is 10.6. The van der Waals surface area contributed by atoms with Gasteiger partial charge in [-0.3, -0.25) is 9.36 Å². The Labute approximate surface area is 126 Å². The minimum Gasteiger partial charge on any atom is -0.324 e. The first kappa shape index (κ1) is 14.5. The van der Waals surface area contributed by atoms with Crippen LogP contribution in [0.25, 0.3) is 0 Å². The highest BCUT2D eigenvalue weighted by Gasteiger charge is 2.17. The van der Waals surface area contributed by atoms with Crippen molar-refractivity contribution in [3.8, 4) is 0 Å². The number of amides is 1. The summed E-state index contributed by atoms with van der Waals surface area (Å²) in [6.45, 7) is 0.518. The Morgan fingerprint density at radius 3 is 2.77 bits per heavy atom. The molecule has 2 heterocycles. The second kappa shape index (κ2) is 6.13. The van der Waals surface area contributed by atoms with Crippen LogP contribution in [0.2, 0.25) is 0 Å². The predicted molar refractivity (Wildman–Crippen MR) is 79.1 cm³/mol. The largest absolute Gasteiger partial charge is 0.346 e. The highest BCUT2D eigenvalue weighted by atomic mass is 19.1. The van der Waals surface area contributed by atoms with Gasteiger partial charge >= 0.3 is 5.69 Å². The smallest absolute Gasteiger partial charge is 0.324 e. The van der Waals surface area contributed by atoms with Crippen molar-refractivity contribution in [1.29, 1.82) is 0 Å². The molecule has 116 valence electrons. The Morgan fingerprint density at radius 2 is 2.00 bits per heavy atom. The van der Waals surface area contributed by atoms with Crippen molar-refractivity contribution in [1.82, 2.24) is 14.3 Å². The molecule has 0 radical (unpaired) electrons. The lowest BCUT2D eigenvalue weighted by atomic mass is 10.2. The molecule has 1 N–H and O–H groups in total. The van der Waals surface area contributed by atoms with E-state index >= 15 is 0 Å². The molecule has 0 saturated heterocycles. The van der Waals surface area contributed by atoms with E-state index in [-0.39, 0.29) is 24.0 Å². The molecule has 3 rings (SSSR count). The van der Waals surface area contributed by atoms with Gasteiger partial charge in [-0.1, -0.05) is 6.42 Å². The zero-order valence-corrected chi connectivity index (χ0v) is 12.1. The monoisotopic (exact) mass is 304 g/mol. The number of nitrogens with zero attached hydrogens (tertiary/aromatic N) is 3. The lowest BCUT2D eigenvalue weighted by Gasteiger charge is -2.04. The van der Waals surface area contributed by atoms with Crippen LogP contribution in [-0.2, 0) is 24.3 Å². The fourth-order valence-electron chi connectivity index (χ4n) is 2.60. The summed E-state index contributed by atoms with van der Waals surface area (Å²) < 4.78 is 15.7. The average Bonchev–Trinajstić information content (AvgIpc) is 2.67. The molecule has 0 unspecified atom stereocenters. The van der Waals surface area contributed by atoms with Crippen LogP contribution >= 0.6 is 0 Å². The number of carbonyl (C=O) groups is 1. The van der Waals surface area contributed by atoms with Gasteiger partial charge in [0.2, 0.25) is 5.91 Å². The van der Waals surface area contributed by atoms with Crippen LogP contribution in [0.4, 0.5) is 10.1 Å². The topological polar surface area (TPSA) is 68.9 Å². The molecule has 0 bridgehead atoms. The first-order valence-corrected chi connectivity index (χ1v) is 7.35. The quantitative estimate of drug-likeness (QED) is 0.935. The van der Waals surface area contributed by atoms with Gasteiger partial charge in [0.25, 0.3) is 0 Å². The number of rotatable bonds is 3. The number of nitrogens with one attached hydrogen (secondary N) is 1. The third kappa shape index (κ3) is 3.08. The molecule has 6 nitrogen and oxygen atoms in total. The Hall–Kier alpha value is -2.44. The highest BCUT2D eigenvalue weighted by molar-refractivity contribution is 5.90. The molecule has 0 fully saturated rings. The summed E-state index contributed by atoms with van der Waals surface area (Å²) in [5.74, 6) is 0.0195. The van der Waals surface area contributed by atoms with Crippen molar-refractivity contribution in [2.45, 2.75) is 38.8 Å². The summed E-state index contributed by atoms with van der Waals surface area (Å²) in [6, 6.07) is 5.47. The molecule has 1 aliphatic heterocycles. The molecule has 0 spiro atoms. The average molecular weight is 304 g/mol. The second-order valence-electron chi connectivity index (χ2n) is 5.37. The van der Waals surface area contributed by atoms with Gasteiger partial charge in [0.1, 0.15) is 18.2 Å². The predicted octanol–water partition coefficient (Wildman–Crippen LogP) is 1.55. The maximum Gasteiger partial charge on any atom is 0.346 e. The summed E-state index contributed by atoms with van der Waals surface area (Å²) >= 11 is 0. The van der Waals surface area contributed by atoms with Crippen molar-refractivity contribution in [3.05, 3.63) is 46.4 Å². The van der Waals surface area contributed by atoms with E-state index in [1.807, 2.05) is 0 Å². The van der Waals surface area contributed by atoms with Crippen LogP contribution in [0.3, 0.4) is 0 Å². The van der Waals surface area contributed by atoms with Gasteiger partial charge in [-0.15, -0.1) is 0 Å². The third-order valence-corrected chi connectivity index (χ3v) is 3.70. The summed E-state index contributed by atoms with van der Waals surface area (Å²) in [4.78, 5) is 24.2. The highest BCUT2D eigenvalue weighted by Crippen LogP contribution is 2.11. The molecule has 0 saturated carbocycles. The number of fused-ring (bicyclic) bond motifs is 1. The molecule has 1 aliphatic rings. The van der Waals surface area contributed by atoms with E-state index in [0.29, 0.717) is 12.2 Å². The van der Waals surface area contributed by atoms with Crippen molar-refractivity contribution in [2.75, 3.05) is 5.32 Å². The van der Waals surface area contributed by atoms with Gasteiger partial charge in [-0.25, -0.2) is 13.9 Å². The van der Waals surface area contributed by atoms with E-state index in [1.165, 1.54) is 28.9 Å². The molecule has 1 aromatic carbocycles. The Kier molecular flexibility index (Phi) is 4.04. The van der Waals surface area contributed by atoms with Crippen molar-refractivity contribution in [3.63, 3.8) is 0 Å². The molecule has 1 aromatic heterocycles. The number of halogens is 1. The normalized spacial score (nSPS) is 14.2. The minimum absolute atomic E-state index is 0.143. The number of hydrogen-bond acceptors (Lipinski definition) is 3. The van der Waals surface area contributed by atoms with Gasteiger partial charge < -0.3 is 5.32 Å². The van der Waals surface area contributed by atoms with Gasteiger partial charge in [-0.2, -0.15) is 5.10 Å². The molecule has 0 aliphatic carbocycles. The lowest BCUT2D eigenvalue weighted by molar-refractivity contribution is -0.117. The summed E-state index contributed by atoms with van der Waals surface area (Å²) in [5.41, 5.74) is 0.242. The Bertz CT molecular complexity index is 733. The zero-order chi connectivity index (χ0) is 15.5. The SMILES string of the molecule is O=C(Cn1nc2n(c1=O)CCCCC2)Nc1ccc(F)cc1. The molecular formula is C15H17FN4O2. The van der Waals surface area contributed by atoms with Crippen LogP contribution in [0, 0.1) is 5.82 Å². The maximum atomic E-state index is 12.8. The van der Waals surface area contributed by atoms with Crippen molar-refractivity contribution < 1.29 is 9.18 Å². The van der Waals surface area contributed by atoms with Crippen LogP contribution < -0.4 is 11.0 Å². The Balaban J connectivity index is 1.71. The van der Waals surface area contributed by atoms with Gasteiger partial charge in [-0.05, 0) is 37.1 Å². The number of aromatic nitrogens is 3. The molecule has 1 amide bonds. The van der Waals surface area contributed by atoms with E-state index in [4.69, 9.17) is 0 Å². The summed E-state index contributed by atoms with van der Waals surface area (Å²) in [6.07, 6.45) is 3.83. The van der Waals surface area contributed by atoms with E-state index in [9.17, 15) is 14.0 Å². The van der Waals surface area contributed by atoms with Gasteiger partial charge in [0.15, 0.2) is 0 Å².